The molecule has 0 saturated heterocycles. The van der Waals surface area contributed by atoms with Crippen LogP contribution in [0.15, 0.2) is 17.5 Å². The van der Waals surface area contributed by atoms with Crippen molar-refractivity contribution >= 4 is 21.4 Å². The van der Waals surface area contributed by atoms with E-state index in [0.717, 1.165) is 10.3 Å². The SMILES string of the molecule is Cc1cc2sccc2c(F)c1CO. The van der Waals surface area contributed by atoms with Gasteiger partial charge in [-0.2, -0.15) is 0 Å². The van der Waals surface area contributed by atoms with Crippen LogP contribution in [0.5, 0.6) is 0 Å². The quantitative estimate of drug-likeness (QED) is 0.743. The van der Waals surface area contributed by atoms with E-state index < -0.39 is 0 Å². The molecule has 0 aliphatic carbocycles. The molecule has 1 heterocycles. The molecule has 0 saturated carbocycles. The fraction of sp³-hybridized carbons (Fsp3) is 0.200. The average molecular weight is 196 g/mol. The molecule has 0 amide bonds. The molecule has 0 aliphatic heterocycles. The lowest BCUT2D eigenvalue weighted by molar-refractivity contribution is 0.275. The van der Waals surface area contributed by atoms with Crippen LogP contribution in [0.25, 0.3) is 10.1 Å². The summed E-state index contributed by atoms with van der Waals surface area (Å²) in [7, 11) is 0. The van der Waals surface area contributed by atoms with Gasteiger partial charge >= 0.3 is 0 Å². The Hall–Kier alpha value is -0.930. The van der Waals surface area contributed by atoms with Crippen molar-refractivity contribution in [2.24, 2.45) is 0 Å². The largest absolute Gasteiger partial charge is 0.392 e. The number of rotatable bonds is 1. The highest BCUT2D eigenvalue weighted by Crippen LogP contribution is 2.28. The normalized spacial score (nSPS) is 11.0. The van der Waals surface area contributed by atoms with E-state index in [4.69, 9.17) is 5.11 Å². The second kappa shape index (κ2) is 3.09. The topological polar surface area (TPSA) is 20.2 Å². The second-order valence-electron chi connectivity index (χ2n) is 2.98. The molecule has 2 aromatic rings. The molecule has 3 heteroatoms. The van der Waals surface area contributed by atoms with Crippen LogP contribution in [0.1, 0.15) is 11.1 Å². The van der Waals surface area contributed by atoms with Gasteiger partial charge in [-0.3, -0.25) is 0 Å². The third kappa shape index (κ3) is 1.24. The van der Waals surface area contributed by atoms with Crippen LogP contribution in [0.2, 0.25) is 0 Å². The summed E-state index contributed by atoms with van der Waals surface area (Å²) < 4.78 is 14.5. The Balaban J connectivity index is 2.85. The number of hydrogen-bond donors (Lipinski definition) is 1. The van der Waals surface area contributed by atoms with Crippen molar-refractivity contribution in [3.8, 4) is 0 Å². The Morgan fingerprint density at radius 3 is 3.00 bits per heavy atom. The molecule has 0 radical (unpaired) electrons. The number of aryl methyl sites for hydroxylation is 1. The molecule has 1 nitrogen and oxygen atoms in total. The summed E-state index contributed by atoms with van der Waals surface area (Å²) in [6.45, 7) is 1.58. The summed E-state index contributed by atoms with van der Waals surface area (Å²) >= 11 is 1.51. The number of aliphatic hydroxyl groups is 1. The Morgan fingerprint density at radius 2 is 2.31 bits per heavy atom. The van der Waals surface area contributed by atoms with E-state index in [1.165, 1.54) is 11.3 Å². The lowest BCUT2D eigenvalue weighted by Gasteiger charge is -2.04. The van der Waals surface area contributed by atoms with Gasteiger partial charge in [-0.15, -0.1) is 11.3 Å². The van der Waals surface area contributed by atoms with Crippen molar-refractivity contribution in [3.63, 3.8) is 0 Å². The van der Waals surface area contributed by atoms with Gasteiger partial charge in [0, 0.05) is 15.6 Å². The van der Waals surface area contributed by atoms with Crippen molar-refractivity contribution < 1.29 is 9.50 Å². The van der Waals surface area contributed by atoms with E-state index >= 15 is 0 Å². The Labute approximate surface area is 79.4 Å². The van der Waals surface area contributed by atoms with E-state index in [0.29, 0.717) is 10.9 Å². The fourth-order valence-electron chi connectivity index (χ4n) is 1.43. The van der Waals surface area contributed by atoms with Crippen LogP contribution in [0.3, 0.4) is 0 Å². The number of thiophene rings is 1. The highest BCUT2D eigenvalue weighted by molar-refractivity contribution is 7.17. The van der Waals surface area contributed by atoms with Crippen molar-refractivity contribution in [2.45, 2.75) is 13.5 Å². The molecule has 0 aliphatic rings. The maximum atomic E-state index is 13.6. The number of aliphatic hydroxyl groups excluding tert-OH is 1. The first-order chi connectivity index (χ1) is 6.24. The molecular weight excluding hydrogens is 187 g/mol. The van der Waals surface area contributed by atoms with Gasteiger partial charge in [0.2, 0.25) is 0 Å². The predicted octanol–water partition coefficient (Wildman–Crippen LogP) is 2.84. The Kier molecular flexibility index (Phi) is 2.06. The van der Waals surface area contributed by atoms with Gasteiger partial charge in [0.15, 0.2) is 0 Å². The summed E-state index contributed by atoms with van der Waals surface area (Å²) in [5, 5.41) is 11.4. The highest BCUT2D eigenvalue weighted by atomic mass is 32.1. The van der Waals surface area contributed by atoms with Gasteiger partial charge in [-0.1, -0.05) is 0 Å². The number of fused-ring (bicyclic) bond motifs is 1. The average Bonchev–Trinajstić information content (AvgIpc) is 2.53. The first-order valence-electron chi connectivity index (χ1n) is 4.00. The molecule has 1 aromatic carbocycles. The van der Waals surface area contributed by atoms with Crippen LogP contribution in [-0.4, -0.2) is 5.11 Å². The van der Waals surface area contributed by atoms with Gasteiger partial charge < -0.3 is 5.11 Å². The molecule has 0 unspecified atom stereocenters. The van der Waals surface area contributed by atoms with Crippen LogP contribution < -0.4 is 0 Å². The molecular formula is C10H9FOS. The minimum Gasteiger partial charge on any atom is -0.392 e. The first-order valence-corrected chi connectivity index (χ1v) is 4.88. The van der Waals surface area contributed by atoms with E-state index in [1.54, 1.807) is 6.07 Å². The van der Waals surface area contributed by atoms with Crippen LogP contribution in [-0.2, 0) is 6.61 Å². The number of halogens is 1. The lowest BCUT2D eigenvalue weighted by Crippen LogP contribution is -1.93. The van der Waals surface area contributed by atoms with Gasteiger partial charge in [0.25, 0.3) is 0 Å². The van der Waals surface area contributed by atoms with Crippen LogP contribution in [0, 0.1) is 12.7 Å². The maximum absolute atomic E-state index is 13.6. The molecule has 2 rings (SSSR count). The fourth-order valence-corrected chi connectivity index (χ4v) is 2.31. The minimum absolute atomic E-state index is 0.233. The molecule has 0 atom stereocenters. The zero-order chi connectivity index (χ0) is 9.42. The number of hydrogen-bond acceptors (Lipinski definition) is 2. The molecule has 1 N–H and O–H groups in total. The van der Waals surface area contributed by atoms with Gasteiger partial charge in [0.1, 0.15) is 5.82 Å². The van der Waals surface area contributed by atoms with E-state index in [2.05, 4.69) is 0 Å². The summed E-state index contributed by atoms with van der Waals surface area (Å²) in [6.07, 6.45) is 0. The molecule has 0 spiro atoms. The molecule has 68 valence electrons. The number of benzene rings is 1. The maximum Gasteiger partial charge on any atom is 0.137 e. The van der Waals surface area contributed by atoms with E-state index in [-0.39, 0.29) is 12.4 Å². The van der Waals surface area contributed by atoms with Gasteiger partial charge in [-0.05, 0) is 30.0 Å². The van der Waals surface area contributed by atoms with Crippen molar-refractivity contribution in [1.82, 2.24) is 0 Å². The van der Waals surface area contributed by atoms with Crippen LogP contribution >= 0.6 is 11.3 Å². The molecule has 0 fully saturated rings. The van der Waals surface area contributed by atoms with Gasteiger partial charge in [-0.25, -0.2) is 4.39 Å². The zero-order valence-electron chi connectivity index (χ0n) is 7.17. The van der Waals surface area contributed by atoms with Crippen molar-refractivity contribution in [2.75, 3.05) is 0 Å². The van der Waals surface area contributed by atoms with Crippen molar-refractivity contribution in [1.29, 1.82) is 0 Å². The highest BCUT2D eigenvalue weighted by Gasteiger charge is 2.10. The summed E-state index contributed by atoms with van der Waals surface area (Å²) in [4.78, 5) is 0. The summed E-state index contributed by atoms with van der Waals surface area (Å²) in [6, 6.07) is 3.66. The standard InChI is InChI=1S/C10H9FOS/c1-6-4-9-7(2-3-13-9)10(11)8(6)5-12/h2-4,12H,5H2,1H3. The second-order valence-corrected chi connectivity index (χ2v) is 3.92. The Morgan fingerprint density at radius 1 is 1.54 bits per heavy atom. The third-order valence-corrected chi connectivity index (χ3v) is 3.04. The van der Waals surface area contributed by atoms with Gasteiger partial charge in [0.05, 0.1) is 6.61 Å². The van der Waals surface area contributed by atoms with E-state index in [9.17, 15) is 4.39 Å². The minimum atomic E-state index is -0.279. The smallest absolute Gasteiger partial charge is 0.137 e. The summed E-state index contributed by atoms with van der Waals surface area (Å²) in [5.41, 5.74) is 1.22. The first kappa shape index (κ1) is 8.66. The third-order valence-electron chi connectivity index (χ3n) is 2.18. The predicted molar refractivity (Wildman–Crippen MR) is 52.4 cm³/mol. The van der Waals surface area contributed by atoms with E-state index in [1.807, 2.05) is 18.4 Å². The molecule has 0 bridgehead atoms. The molecule has 13 heavy (non-hydrogen) atoms. The van der Waals surface area contributed by atoms with Crippen LogP contribution in [0.4, 0.5) is 4.39 Å². The lowest BCUT2D eigenvalue weighted by atomic mass is 10.1. The zero-order valence-corrected chi connectivity index (χ0v) is 7.99. The Bertz CT molecular complexity index is 447. The van der Waals surface area contributed by atoms with Crippen molar-refractivity contribution in [3.05, 3.63) is 34.5 Å². The monoisotopic (exact) mass is 196 g/mol. The molecule has 1 aromatic heterocycles. The summed E-state index contributed by atoms with van der Waals surface area (Å²) in [5.74, 6) is -0.279.